The van der Waals surface area contributed by atoms with Crippen molar-refractivity contribution in [2.24, 2.45) is 0 Å². The van der Waals surface area contributed by atoms with Gasteiger partial charge in [-0.1, -0.05) is 167 Å². The van der Waals surface area contributed by atoms with Gasteiger partial charge in [-0.2, -0.15) is 0 Å². The highest BCUT2D eigenvalue weighted by Gasteiger charge is 2.46. The van der Waals surface area contributed by atoms with Crippen molar-refractivity contribution in [3.63, 3.8) is 0 Å². The average Bonchev–Trinajstić information content (AvgIpc) is 3.90. The Kier molecular flexibility index (Phi) is 10.4. The van der Waals surface area contributed by atoms with Gasteiger partial charge in [-0.3, -0.25) is 0 Å². The first kappa shape index (κ1) is 44.6. The largest absolute Gasteiger partial charge is 0.311 e. The smallest absolute Gasteiger partial charge is 0.254 e. The Bertz CT molecular complexity index is 3420. The van der Waals surface area contributed by atoms with Gasteiger partial charge in [0, 0.05) is 36.9 Å². The van der Waals surface area contributed by atoms with Gasteiger partial charge in [0.2, 0.25) is 0 Å². The predicted molar refractivity (Wildman–Crippen MR) is 302 cm³/mol. The van der Waals surface area contributed by atoms with Crippen molar-refractivity contribution in [1.82, 2.24) is 0 Å². The first-order chi connectivity index (χ1) is 32.3. The molecule has 2 nitrogen and oxygen atoms in total. The van der Waals surface area contributed by atoms with Gasteiger partial charge >= 0.3 is 0 Å². The first-order valence-electron chi connectivity index (χ1n) is 24.6. The third-order valence-corrected chi connectivity index (χ3v) is 17.1. The van der Waals surface area contributed by atoms with Gasteiger partial charge in [-0.05, 0) is 156 Å². The summed E-state index contributed by atoms with van der Waals surface area (Å²) in [6, 6.07) is 54.3. The number of hydrogen-bond donors (Lipinski definition) is 0. The van der Waals surface area contributed by atoms with Crippen molar-refractivity contribution < 1.29 is 0 Å². The predicted octanol–water partition coefficient (Wildman–Crippen LogP) is 17.2. The Labute approximate surface area is 413 Å². The summed E-state index contributed by atoms with van der Waals surface area (Å²) in [6.07, 6.45) is 0. The average molecular weight is 923 g/mol. The molecule has 0 amide bonds. The van der Waals surface area contributed by atoms with Crippen LogP contribution in [0.15, 0.2) is 140 Å². The molecule has 0 radical (unpaired) electrons. The third-order valence-electron chi connectivity index (χ3n) is 14.7. The van der Waals surface area contributed by atoms with E-state index in [4.69, 9.17) is 0 Å². The molecule has 0 fully saturated rings. The maximum absolute atomic E-state index is 2.70. The zero-order valence-corrected chi connectivity index (χ0v) is 43.8. The lowest BCUT2D eigenvalue weighted by molar-refractivity contribution is 0.589. The minimum absolute atomic E-state index is 0.00243. The maximum Gasteiger partial charge on any atom is 0.254 e. The van der Waals surface area contributed by atoms with Crippen molar-refractivity contribution in [2.45, 2.75) is 112 Å². The zero-order valence-electron chi connectivity index (χ0n) is 42.1. The van der Waals surface area contributed by atoms with Crippen LogP contribution in [0.25, 0.3) is 41.7 Å². The second kappa shape index (κ2) is 15.8. The van der Waals surface area contributed by atoms with E-state index in [0.29, 0.717) is 5.92 Å². The molecule has 340 valence electrons. The van der Waals surface area contributed by atoms with Crippen LogP contribution in [0.2, 0.25) is 0 Å². The van der Waals surface area contributed by atoms with Crippen molar-refractivity contribution in [1.29, 1.82) is 0 Å². The van der Waals surface area contributed by atoms with Crippen LogP contribution in [0.4, 0.5) is 33.4 Å². The fourth-order valence-electron chi connectivity index (χ4n) is 10.9. The molecule has 0 N–H and O–H groups in total. The highest BCUT2D eigenvalue weighted by atomic mass is 32.1. The summed E-state index contributed by atoms with van der Waals surface area (Å²) < 4.78 is 2.65. The lowest BCUT2D eigenvalue weighted by Crippen LogP contribution is -2.61. The molecule has 7 aromatic carbocycles. The Balaban J connectivity index is 1.29. The molecule has 9 aromatic rings. The third kappa shape index (κ3) is 7.26. The summed E-state index contributed by atoms with van der Waals surface area (Å²) >= 11 is 3.86. The number of fused-ring (bicyclic) bond motifs is 7. The highest BCUT2D eigenvalue weighted by molar-refractivity contribution is 7.26. The molecule has 0 saturated carbocycles. The van der Waals surface area contributed by atoms with E-state index in [1.54, 1.807) is 0 Å². The van der Waals surface area contributed by atoms with Gasteiger partial charge < -0.3 is 9.80 Å². The van der Waals surface area contributed by atoms with Crippen LogP contribution >= 0.6 is 22.7 Å². The summed E-state index contributed by atoms with van der Waals surface area (Å²) in [5.41, 5.74) is 22.2. The van der Waals surface area contributed by atoms with Crippen molar-refractivity contribution in [3.05, 3.63) is 173 Å². The summed E-state index contributed by atoms with van der Waals surface area (Å²) in [7, 11) is 0. The van der Waals surface area contributed by atoms with Crippen LogP contribution < -0.4 is 26.2 Å². The topological polar surface area (TPSA) is 6.48 Å². The Morgan fingerprint density at radius 1 is 0.485 bits per heavy atom. The Hall–Kier alpha value is -5.88. The van der Waals surface area contributed by atoms with Crippen molar-refractivity contribution in [3.8, 4) is 21.6 Å². The summed E-state index contributed by atoms with van der Waals surface area (Å²) in [4.78, 5) is 6.66. The van der Waals surface area contributed by atoms with Crippen LogP contribution in [0.1, 0.15) is 115 Å². The Morgan fingerprint density at radius 3 is 1.78 bits per heavy atom. The molecule has 0 aliphatic carbocycles. The van der Waals surface area contributed by atoms with Crippen LogP contribution in [-0.2, 0) is 16.2 Å². The molecule has 0 saturated heterocycles. The van der Waals surface area contributed by atoms with Crippen LogP contribution in [0.5, 0.6) is 0 Å². The van der Waals surface area contributed by atoms with Gasteiger partial charge in [-0.15, -0.1) is 22.7 Å². The maximum atomic E-state index is 2.70. The van der Waals surface area contributed by atoms with E-state index < -0.39 is 0 Å². The van der Waals surface area contributed by atoms with E-state index in [0.717, 1.165) is 0 Å². The summed E-state index contributed by atoms with van der Waals surface area (Å²) in [5.74, 6) is 0.297. The molecule has 4 heterocycles. The van der Waals surface area contributed by atoms with E-state index in [2.05, 4.69) is 239 Å². The minimum atomic E-state index is -0.0287. The normalized spacial score (nSPS) is 13.7. The number of thiophene rings is 2. The molecule has 2 aliphatic rings. The molecular formula is C63H63BN2S2. The lowest BCUT2D eigenvalue weighted by Gasteiger charge is -2.45. The van der Waals surface area contributed by atoms with Gasteiger partial charge in [0.1, 0.15) is 0 Å². The van der Waals surface area contributed by atoms with E-state index in [1.807, 2.05) is 22.7 Å². The van der Waals surface area contributed by atoms with Gasteiger partial charge in [0.25, 0.3) is 6.71 Å². The molecule has 0 spiro atoms. The van der Waals surface area contributed by atoms with Crippen molar-refractivity contribution in [2.75, 3.05) is 9.80 Å². The number of rotatable bonds is 5. The van der Waals surface area contributed by atoms with Crippen LogP contribution in [-0.4, -0.2) is 6.71 Å². The van der Waals surface area contributed by atoms with E-state index in [-0.39, 0.29) is 23.0 Å². The fraction of sp³-hybridized carbons (Fsp3) is 0.270. The molecule has 0 bridgehead atoms. The summed E-state index contributed by atoms with van der Waals surface area (Å²) in [6.45, 7) is 30.5. The number of anilines is 6. The number of nitrogens with zero attached hydrogens (tertiary/aromatic N) is 2. The second-order valence-electron chi connectivity index (χ2n) is 23.0. The summed E-state index contributed by atoms with van der Waals surface area (Å²) in [5, 5.41) is 3.99. The van der Waals surface area contributed by atoms with Crippen molar-refractivity contribution >= 4 is 99.4 Å². The second-order valence-corrected chi connectivity index (χ2v) is 25.1. The van der Waals surface area contributed by atoms with E-state index in [1.165, 1.54) is 125 Å². The van der Waals surface area contributed by atoms with Crippen LogP contribution in [0.3, 0.4) is 0 Å². The number of aryl methyl sites for hydroxylation is 2. The molecular weight excluding hydrogens is 860 g/mol. The molecule has 5 heteroatoms. The van der Waals surface area contributed by atoms with Gasteiger partial charge in [0.15, 0.2) is 0 Å². The quantitative estimate of drug-likeness (QED) is 0.159. The molecule has 0 atom stereocenters. The van der Waals surface area contributed by atoms with E-state index >= 15 is 0 Å². The lowest BCUT2D eigenvalue weighted by atomic mass is 9.33. The minimum Gasteiger partial charge on any atom is -0.311 e. The highest BCUT2D eigenvalue weighted by Crippen LogP contribution is 2.52. The Morgan fingerprint density at radius 2 is 1.12 bits per heavy atom. The van der Waals surface area contributed by atoms with Gasteiger partial charge in [-0.25, -0.2) is 0 Å². The monoisotopic (exact) mass is 922 g/mol. The fourth-order valence-corrected chi connectivity index (χ4v) is 13.2. The SMILES string of the molecule is Cc1cc(C(C)(C)C)cc(C)c1N1c2cc(C(C)C)cc3c2B(c2ccc(-c4cc5ccccc5s4)cc2N3c2ccc(C(C)(C)C)cc2-c2ccccc2)c2c1sc1ccc(C(C)(C)C)cc21. The standard InChI is InChI=1S/C63H63BN2S2/c1-37(2)43-32-52-58-53(33-43)66(59-38(3)29-46(30-39(59)4)63(11,12)13)60-57(48-36-45(62(8,9)10)25-28-55(48)68-60)64(58)49-26-23-42(56-34-41-21-17-18-22-54(41)67-56)31-51(49)65(52)50-27-24-44(61(5,6)7)35-47(50)40-19-15-14-16-20-40/h14-37H,1-13H3. The number of hydrogen-bond acceptors (Lipinski definition) is 4. The van der Waals surface area contributed by atoms with Crippen LogP contribution in [0, 0.1) is 13.8 Å². The molecule has 2 aromatic heterocycles. The zero-order chi connectivity index (χ0) is 47.8. The molecule has 2 aliphatic heterocycles. The first-order valence-corrected chi connectivity index (χ1v) is 26.2. The number of benzene rings is 7. The van der Waals surface area contributed by atoms with Gasteiger partial charge in [0.05, 0.1) is 16.4 Å². The molecule has 0 unspecified atom stereocenters. The molecule has 68 heavy (non-hydrogen) atoms. The molecule has 11 rings (SSSR count). The van der Waals surface area contributed by atoms with E-state index in [9.17, 15) is 0 Å².